The molecule has 2 heterocycles. The van der Waals surface area contributed by atoms with E-state index in [2.05, 4.69) is 18.7 Å². The van der Waals surface area contributed by atoms with Crippen LogP contribution in [0.25, 0.3) is 0 Å². The van der Waals surface area contributed by atoms with Crippen molar-refractivity contribution in [1.29, 1.82) is 0 Å². The third-order valence-electron chi connectivity index (χ3n) is 7.24. The normalized spacial score (nSPS) is 41.5. The first-order valence-corrected chi connectivity index (χ1v) is 10.0. The number of hydrogen-bond donors (Lipinski definition) is 0. The van der Waals surface area contributed by atoms with Gasteiger partial charge < -0.3 is 4.90 Å². The third kappa shape index (κ3) is 2.66. The molecule has 3 aliphatic carbocycles. The zero-order valence-electron chi connectivity index (χ0n) is 15.5. The predicted molar refractivity (Wildman–Crippen MR) is 93.6 cm³/mol. The molecule has 2 amide bonds. The maximum Gasteiger partial charge on any atom is 0.233 e. The number of hydrogen-bond acceptors (Lipinski definition) is 4. The van der Waals surface area contributed by atoms with E-state index in [1.807, 2.05) is 0 Å². The summed E-state index contributed by atoms with van der Waals surface area (Å²) in [5.74, 6) is -0.497. The van der Waals surface area contributed by atoms with Gasteiger partial charge in [0.2, 0.25) is 11.8 Å². The highest BCUT2D eigenvalue weighted by Crippen LogP contribution is 2.60. The average Bonchev–Trinajstić information content (AvgIpc) is 2.81. The predicted octanol–water partition coefficient (Wildman–Crippen LogP) is 2.10. The molecule has 138 valence electrons. The number of rotatable bonds is 4. The molecule has 5 heteroatoms. The van der Waals surface area contributed by atoms with Crippen LogP contribution in [0.15, 0.2) is 0 Å². The molecule has 5 nitrogen and oxygen atoms in total. The van der Waals surface area contributed by atoms with E-state index in [1.165, 1.54) is 24.2 Å². The van der Waals surface area contributed by atoms with Gasteiger partial charge >= 0.3 is 0 Å². The molecule has 2 unspecified atom stereocenters. The second-order valence-electron chi connectivity index (χ2n) is 9.09. The van der Waals surface area contributed by atoms with Crippen molar-refractivity contribution in [2.45, 2.75) is 52.4 Å². The lowest BCUT2D eigenvalue weighted by Crippen LogP contribution is -2.56. The lowest BCUT2D eigenvalue weighted by atomic mass is 9.48. The topological polar surface area (TPSA) is 57.7 Å². The molecule has 0 aromatic carbocycles. The minimum Gasteiger partial charge on any atom is -0.303 e. The number of amides is 2. The van der Waals surface area contributed by atoms with Gasteiger partial charge in [-0.25, -0.2) is 0 Å². The van der Waals surface area contributed by atoms with Gasteiger partial charge in [0.25, 0.3) is 0 Å². The van der Waals surface area contributed by atoms with Crippen molar-refractivity contribution in [3.63, 3.8) is 0 Å². The Kier molecular flexibility index (Phi) is 4.25. The van der Waals surface area contributed by atoms with E-state index in [0.717, 1.165) is 32.5 Å². The molecule has 0 aromatic rings. The van der Waals surface area contributed by atoms with Crippen LogP contribution < -0.4 is 0 Å². The fraction of sp³-hybridized carbons (Fsp3) is 0.850. The molecule has 5 aliphatic rings. The summed E-state index contributed by atoms with van der Waals surface area (Å²) in [5.41, 5.74) is -0.315. The molecule has 25 heavy (non-hydrogen) atoms. The van der Waals surface area contributed by atoms with E-state index in [4.69, 9.17) is 0 Å². The maximum atomic E-state index is 13.0. The first-order chi connectivity index (χ1) is 11.9. The molecular weight excluding hydrogens is 316 g/mol. The first kappa shape index (κ1) is 17.2. The molecule has 0 aromatic heterocycles. The highest BCUT2D eigenvalue weighted by molar-refractivity contribution is 6.09. The highest BCUT2D eigenvalue weighted by atomic mass is 16.2. The van der Waals surface area contributed by atoms with E-state index >= 15 is 0 Å². The smallest absolute Gasteiger partial charge is 0.233 e. The SMILES string of the molecule is C[C@@H]1C[C@]2(C)CC(=O)[C@H]1C1C(=O)N(CCCN3CCCCC3)C(=O)C12. The maximum absolute atomic E-state index is 13.0. The number of carbonyl (C=O) groups excluding carboxylic acids is 3. The molecule has 5 atom stereocenters. The number of Topliss-reactive ketones (excluding diaryl/α,β-unsaturated/α-hetero) is 1. The van der Waals surface area contributed by atoms with Gasteiger partial charge in [0.15, 0.2) is 0 Å². The van der Waals surface area contributed by atoms with Crippen LogP contribution in [-0.4, -0.2) is 53.6 Å². The number of likely N-dealkylation sites (tertiary alicyclic amines) is 2. The molecular formula is C20H30N2O3. The number of fused-ring (bicyclic) bond motifs is 2. The average molecular weight is 346 g/mol. The zero-order valence-corrected chi connectivity index (χ0v) is 15.5. The van der Waals surface area contributed by atoms with Crippen molar-refractivity contribution in [3.8, 4) is 0 Å². The Bertz CT molecular complexity index is 598. The molecule has 0 spiro atoms. The van der Waals surface area contributed by atoms with Crippen LogP contribution in [0.5, 0.6) is 0 Å². The first-order valence-electron chi connectivity index (χ1n) is 10.0. The number of nitrogens with zero attached hydrogens (tertiary/aromatic N) is 2. The molecule has 2 saturated heterocycles. The van der Waals surface area contributed by atoms with E-state index in [0.29, 0.717) is 13.0 Å². The standard InChI is InChI=1S/C20H30N2O3/c1-13-11-20(2)12-14(23)15(13)16-17(20)19(25)22(18(16)24)10-6-9-21-7-4-3-5-8-21/h13,15-17H,3-12H2,1-2H3/t13-,15+,16?,17?,20-/m1/s1. The Labute approximate surface area is 150 Å². The van der Waals surface area contributed by atoms with Crippen LogP contribution >= 0.6 is 0 Å². The Morgan fingerprint density at radius 2 is 1.72 bits per heavy atom. The van der Waals surface area contributed by atoms with Gasteiger partial charge in [-0.3, -0.25) is 19.3 Å². The molecule has 5 rings (SSSR count). The number of piperidine rings is 1. The summed E-state index contributed by atoms with van der Waals surface area (Å²) >= 11 is 0. The van der Waals surface area contributed by atoms with Gasteiger partial charge in [-0.2, -0.15) is 0 Å². The summed E-state index contributed by atoms with van der Waals surface area (Å²) in [6.45, 7) is 7.89. The molecule has 5 fully saturated rings. The fourth-order valence-electron chi connectivity index (χ4n) is 6.26. The monoisotopic (exact) mass is 346 g/mol. The highest BCUT2D eigenvalue weighted by Gasteiger charge is 2.66. The van der Waals surface area contributed by atoms with Crippen LogP contribution in [0, 0.1) is 29.1 Å². The van der Waals surface area contributed by atoms with Gasteiger partial charge in [0.05, 0.1) is 11.8 Å². The number of carbonyl (C=O) groups is 3. The molecule has 2 bridgehead atoms. The molecule has 0 radical (unpaired) electrons. The second kappa shape index (κ2) is 6.19. The Morgan fingerprint density at radius 3 is 2.40 bits per heavy atom. The van der Waals surface area contributed by atoms with Gasteiger partial charge in [-0.05, 0) is 56.7 Å². The van der Waals surface area contributed by atoms with Crippen molar-refractivity contribution >= 4 is 17.6 Å². The minimum absolute atomic E-state index is 0.000504. The van der Waals surface area contributed by atoms with Gasteiger partial charge in [0.1, 0.15) is 5.78 Å². The van der Waals surface area contributed by atoms with Crippen LogP contribution in [0.1, 0.15) is 52.4 Å². The Morgan fingerprint density at radius 1 is 1.00 bits per heavy atom. The van der Waals surface area contributed by atoms with E-state index in [-0.39, 0.29) is 46.7 Å². The van der Waals surface area contributed by atoms with Gasteiger partial charge in [-0.15, -0.1) is 0 Å². The summed E-state index contributed by atoms with van der Waals surface area (Å²) in [4.78, 5) is 42.5. The van der Waals surface area contributed by atoms with Gasteiger partial charge in [-0.1, -0.05) is 20.3 Å². The van der Waals surface area contributed by atoms with Crippen molar-refractivity contribution in [2.24, 2.45) is 29.1 Å². The molecule has 3 saturated carbocycles. The van der Waals surface area contributed by atoms with E-state index in [9.17, 15) is 14.4 Å². The van der Waals surface area contributed by atoms with Crippen LogP contribution in [-0.2, 0) is 14.4 Å². The van der Waals surface area contributed by atoms with Crippen LogP contribution in [0.3, 0.4) is 0 Å². The quantitative estimate of drug-likeness (QED) is 0.732. The van der Waals surface area contributed by atoms with Gasteiger partial charge in [0, 0.05) is 18.9 Å². The summed E-state index contributed by atoms with van der Waals surface area (Å²) < 4.78 is 0. The zero-order chi connectivity index (χ0) is 17.8. The van der Waals surface area contributed by atoms with Crippen molar-refractivity contribution in [2.75, 3.05) is 26.2 Å². The van der Waals surface area contributed by atoms with Crippen molar-refractivity contribution in [3.05, 3.63) is 0 Å². The Hall–Kier alpha value is -1.23. The van der Waals surface area contributed by atoms with E-state index in [1.54, 1.807) is 0 Å². The summed E-state index contributed by atoms with van der Waals surface area (Å²) in [5, 5.41) is 0. The van der Waals surface area contributed by atoms with Crippen molar-refractivity contribution in [1.82, 2.24) is 9.80 Å². The Balaban J connectivity index is 1.46. The number of ketones is 1. The molecule has 2 aliphatic heterocycles. The van der Waals surface area contributed by atoms with Crippen LogP contribution in [0.2, 0.25) is 0 Å². The summed E-state index contributed by atoms with van der Waals surface area (Å²) in [6.07, 6.45) is 6.05. The summed E-state index contributed by atoms with van der Waals surface area (Å²) in [7, 11) is 0. The third-order valence-corrected chi connectivity index (χ3v) is 7.24. The lowest BCUT2D eigenvalue weighted by Gasteiger charge is -2.52. The van der Waals surface area contributed by atoms with Crippen molar-refractivity contribution < 1.29 is 14.4 Å². The van der Waals surface area contributed by atoms with E-state index < -0.39 is 0 Å². The second-order valence-corrected chi connectivity index (χ2v) is 9.09. The number of imide groups is 1. The fourth-order valence-corrected chi connectivity index (χ4v) is 6.26. The largest absolute Gasteiger partial charge is 0.303 e. The lowest BCUT2D eigenvalue weighted by molar-refractivity contribution is -0.157. The summed E-state index contributed by atoms with van der Waals surface area (Å²) in [6, 6.07) is 0. The van der Waals surface area contributed by atoms with Crippen LogP contribution in [0.4, 0.5) is 0 Å². The molecule has 0 N–H and O–H groups in total. The minimum atomic E-state index is -0.377.